The van der Waals surface area contributed by atoms with Gasteiger partial charge >= 0.3 is 6.03 Å². The first kappa shape index (κ1) is 13.2. The van der Waals surface area contributed by atoms with Crippen molar-refractivity contribution in [2.75, 3.05) is 6.54 Å². The maximum absolute atomic E-state index is 11.8. The SMILES string of the molecule is CC(O)CCNC(=O)NC1CC2CC1C1CCCC21. The summed E-state index contributed by atoms with van der Waals surface area (Å²) in [6.07, 6.45) is 7.02. The molecule has 19 heavy (non-hydrogen) atoms. The molecule has 0 aromatic carbocycles. The largest absolute Gasteiger partial charge is 0.393 e. The third-order valence-corrected chi connectivity index (χ3v) is 5.59. The molecule has 0 heterocycles. The first-order valence-electron chi connectivity index (χ1n) is 7.87. The lowest BCUT2D eigenvalue weighted by Crippen LogP contribution is -2.47. The second-order valence-electron chi connectivity index (χ2n) is 6.80. The van der Waals surface area contributed by atoms with Crippen LogP contribution in [-0.2, 0) is 0 Å². The van der Waals surface area contributed by atoms with E-state index >= 15 is 0 Å². The van der Waals surface area contributed by atoms with E-state index in [4.69, 9.17) is 5.11 Å². The number of amides is 2. The molecule has 6 atom stereocenters. The molecule has 3 fully saturated rings. The highest BCUT2D eigenvalue weighted by molar-refractivity contribution is 5.74. The third kappa shape index (κ3) is 2.60. The molecule has 0 radical (unpaired) electrons. The van der Waals surface area contributed by atoms with Gasteiger partial charge in [-0.05, 0) is 62.7 Å². The number of fused-ring (bicyclic) bond motifs is 5. The molecule has 0 aromatic rings. The topological polar surface area (TPSA) is 61.4 Å². The Morgan fingerprint density at radius 2 is 2.05 bits per heavy atom. The number of hydrogen-bond acceptors (Lipinski definition) is 2. The number of nitrogens with one attached hydrogen (secondary N) is 2. The van der Waals surface area contributed by atoms with Gasteiger partial charge in [-0.15, -0.1) is 0 Å². The van der Waals surface area contributed by atoms with Crippen LogP contribution in [0.25, 0.3) is 0 Å². The van der Waals surface area contributed by atoms with E-state index in [-0.39, 0.29) is 12.1 Å². The van der Waals surface area contributed by atoms with Gasteiger partial charge in [0.05, 0.1) is 6.10 Å². The van der Waals surface area contributed by atoms with Crippen LogP contribution in [0, 0.1) is 23.7 Å². The Kier molecular flexibility index (Phi) is 3.70. The quantitative estimate of drug-likeness (QED) is 0.727. The minimum Gasteiger partial charge on any atom is -0.393 e. The van der Waals surface area contributed by atoms with Gasteiger partial charge in [0.15, 0.2) is 0 Å². The fourth-order valence-electron chi connectivity index (χ4n) is 4.85. The average Bonchev–Trinajstić information content (AvgIpc) is 2.98. The van der Waals surface area contributed by atoms with Crippen LogP contribution in [-0.4, -0.2) is 29.8 Å². The molecule has 3 N–H and O–H groups in total. The van der Waals surface area contributed by atoms with Crippen molar-refractivity contribution < 1.29 is 9.90 Å². The van der Waals surface area contributed by atoms with Gasteiger partial charge in [-0.25, -0.2) is 4.79 Å². The van der Waals surface area contributed by atoms with Gasteiger partial charge in [0.2, 0.25) is 0 Å². The molecule has 6 unspecified atom stereocenters. The Hall–Kier alpha value is -0.770. The smallest absolute Gasteiger partial charge is 0.315 e. The highest BCUT2D eigenvalue weighted by Crippen LogP contribution is 2.58. The fourth-order valence-corrected chi connectivity index (χ4v) is 4.85. The third-order valence-electron chi connectivity index (χ3n) is 5.59. The zero-order chi connectivity index (χ0) is 13.4. The number of hydrogen-bond donors (Lipinski definition) is 3. The summed E-state index contributed by atoms with van der Waals surface area (Å²) in [6, 6.07) is 0.351. The van der Waals surface area contributed by atoms with Crippen LogP contribution in [0.5, 0.6) is 0 Å². The molecule has 0 saturated heterocycles. The van der Waals surface area contributed by atoms with Gasteiger partial charge in [-0.2, -0.15) is 0 Å². The number of aliphatic hydroxyl groups excluding tert-OH is 1. The van der Waals surface area contributed by atoms with Gasteiger partial charge in [0, 0.05) is 12.6 Å². The first-order valence-corrected chi connectivity index (χ1v) is 7.87. The molecule has 4 heteroatoms. The first-order chi connectivity index (χ1) is 9.15. The van der Waals surface area contributed by atoms with E-state index in [0.717, 1.165) is 23.7 Å². The van der Waals surface area contributed by atoms with Crippen molar-refractivity contribution in [3.8, 4) is 0 Å². The zero-order valence-electron chi connectivity index (χ0n) is 11.8. The number of rotatable bonds is 4. The lowest BCUT2D eigenvalue weighted by atomic mass is 9.79. The van der Waals surface area contributed by atoms with Crippen LogP contribution < -0.4 is 10.6 Å². The predicted molar refractivity (Wildman–Crippen MR) is 73.7 cm³/mol. The molecule has 0 spiro atoms. The van der Waals surface area contributed by atoms with Crippen LogP contribution in [0.4, 0.5) is 4.79 Å². The molecule has 0 aliphatic heterocycles. The molecule has 3 aliphatic carbocycles. The van der Waals surface area contributed by atoms with Crippen LogP contribution >= 0.6 is 0 Å². The fraction of sp³-hybridized carbons (Fsp3) is 0.933. The molecular formula is C15H26N2O2. The van der Waals surface area contributed by atoms with Crippen molar-refractivity contribution >= 4 is 6.03 Å². The van der Waals surface area contributed by atoms with E-state index in [1.807, 2.05) is 0 Å². The van der Waals surface area contributed by atoms with E-state index < -0.39 is 0 Å². The molecule has 2 bridgehead atoms. The standard InChI is InChI=1S/C15H26N2O2/c1-9(18)5-6-16-15(19)17-14-8-10-7-13(14)12-4-2-3-11(10)12/h9-14,18H,2-8H2,1H3,(H2,16,17,19). The maximum atomic E-state index is 11.8. The maximum Gasteiger partial charge on any atom is 0.315 e. The summed E-state index contributed by atoms with van der Waals surface area (Å²) in [5.41, 5.74) is 0. The van der Waals surface area contributed by atoms with Crippen molar-refractivity contribution in [1.82, 2.24) is 10.6 Å². The van der Waals surface area contributed by atoms with E-state index in [2.05, 4.69) is 10.6 Å². The molecule has 108 valence electrons. The van der Waals surface area contributed by atoms with E-state index in [0.29, 0.717) is 19.0 Å². The van der Waals surface area contributed by atoms with Gasteiger partial charge in [-0.1, -0.05) is 6.42 Å². The summed E-state index contributed by atoms with van der Waals surface area (Å²) in [4.78, 5) is 11.8. The molecule has 2 amide bonds. The van der Waals surface area contributed by atoms with Gasteiger partial charge in [-0.3, -0.25) is 0 Å². The molecule has 3 aliphatic rings. The van der Waals surface area contributed by atoms with Crippen molar-refractivity contribution in [1.29, 1.82) is 0 Å². The summed E-state index contributed by atoms with van der Waals surface area (Å²) in [5, 5.41) is 15.2. The predicted octanol–water partition coefficient (Wildman–Crippen LogP) is 1.88. The Labute approximate surface area is 115 Å². The van der Waals surface area contributed by atoms with Crippen molar-refractivity contribution in [3.05, 3.63) is 0 Å². The number of carbonyl (C=O) groups is 1. The summed E-state index contributed by atoms with van der Waals surface area (Å²) < 4.78 is 0. The van der Waals surface area contributed by atoms with Gasteiger partial charge in [0.25, 0.3) is 0 Å². The Balaban J connectivity index is 1.45. The second-order valence-corrected chi connectivity index (χ2v) is 6.80. The summed E-state index contributed by atoms with van der Waals surface area (Å²) in [7, 11) is 0. The van der Waals surface area contributed by atoms with Crippen LogP contribution in [0.3, 0.4) is 0 Å². The number of urea groups is 1. The minimum absolute atomic E-state index is 0.0484. The Morgan fingerprint density at radius 3 is 2.84 bits per heavy atom. The average molecular weight is 266 g/mol. The molecule has 4 nitrogen and oxygen atoms in total. The highest BCUT2D eigenvalue weighted by atomic mass is 16.3. The minimum atomic E-state index is -0.345. The summed E-state index contributed by atoms with van der Waals surface area (Å²) in [5.74, 6) is 3.48. The van der Waals surface area contributed by atoms with E-state index in [9.17, 15) is 4.79 Å². The van der Waals surface area contributed by atoms with Crippen molar-refractivity contribution in [2.24, 2.45) is 23.7 Å². The Bertz CT molecular complexity index is 345. The van der Waals surface area contributed by atoms with Crippen molar-refractivity contribution in [3.63, 3.8) is 0 Å². The van der Waals surface area contributed by atoms with E-state index in [1.165, 1.54) is 32.1 Å². The monoisotopic (exact) mass is 266 g/mol. The molecular weight excluding hydrogens is 240 g/mol. The lowest BCUT2D eigenvalue weighted by molar-refractivity contribution is 0.180. The van der Waals surface area contributed by atoms with Crippen LogP contribution in [0.2, 0.25) is 0 Å². The molecule has 3 saturated carbocycles. The molecule has 0 aromatic heterocycles. The highest BCUT2D eigenvalue weighted by Gasteiger charge is 2.53. The summed E-state index contributed by atoms with van der Waals surface area (Å²) in [6.45, 7) is 2.30. The van der Waals surface area contributed by atoms with E-state index in [1.54, 1.807) is 6.92 Å². The number of carbonyl (C=O) groups excluding carboxylic acids is 1. The van der Waals surface area contributed by atoms with Crippen molar-refractivity contribution in [2.45, 2.75) is 57.6 Å². The normalized spacial score (nSPS) is 41.1. The summed E-state index contributed by atoms with van der Waals surface area (Å²) >= 11 is 0. The molecule has 3 rings (SSSR count). The second kappa shape index (κ2) is 5.31. The van der Waals surface area contributed by atoms with Gasteiger partial charge < -0.3 is 15.7 Å². The van der Waals surface area contributed by atoms with Crippen LogP contribution in [0.15, 0.2) is 0 Å². The van der Waals surface area contributed by atoms with Gasteiger partial charge in [0.1, 0.15) is 0 Å². The Morgan fingerprint density at radius 1 is 1.26 bits per heavy atom. The lowest BCUT2D eigenvalue weighted by Gasteiger charge is -2.32. The van der Waals surface area contributed by atoms with Crippen LogP contribution in [0.1, 0.15) is 45.4 Å². The number of aliphatic hydroxyl groups is 1. The zero-order valence-corrected chi connectivity index (χ0v) is 11.8.